The molecule has 0 radical (unpaired) electrons. The molecule has 6 heteroatoms. The molecular weight excluding hydrogens is 268 g/mol. The Morgan fingerprint density at radius 2 is 2.19 bits per heavy atom. The minimum Gasteiger partial charge on any atom is -0.399 e. The normalized spacial score (nSPS) is 18.1. The first-order valence-electron chi connectivity index (χ1n) is 7.00. The van der Waals surface area contributed by atoms with Gasteiger partial charge in [-0.1, -0.05) is 0 Å². The Hall–Kier alpha value is -2.08. The highest BCUT2D eigenvalue weighted by atomic mass is 16.2. The minimum absolute atomic E-state index is 0.0507. The molecule has 1 aliphatic rings. The lowest BCUT2D eigenvalue weighted by Gasteiger charge is -2.40. The van der Waals surface area contributed by atoms with Crippen molar-refractivity contribution in [2.75, 3.05) is 30.7 Å². The zero-order chi connectivity index (χ0) is 15.6. The molecule has 0 aromatic heterocycles. The molecule has 0 bridgehead atoms. The molecule has 0 saturated carbocycles. The summed E-state index contributed by atoms with van der Waals surface area (Å²) in [5.74, 6) is -0.184. The van der Waals surface area contributed by atoms with Crippen LogP contribution in [-0.2, 0) is 9.59 Å². The summed E-state index contributed by atoms with van der Waals surface area (Å²) in [7, 11) is 0. The van der Waals surface area contributed by atoms with Crippen LogP contribution in [0.3, 0.4) is 0 Å². The van der Waals surface area contributed by atoms with Crippen LogP contribution < -0.4 is 16.4 Å². The number of piperazine rings is 1. The molecule has 0 atom stereocenters. The highest BCUT2D eigenvalue weighted by Gasteiger charge is 2.38. The second kappa shape index (κ2) is 5.73. The van der Waals surface area contributed by atoms with Gasteiger partial charge in [-0.25, -0.2) is 0 Å². The van der Waals surface area contributed by atoms with Crippen LogP contribution in [0, 0.1) is 6.92 Å². The van der Waals surface area contributed by atoms with Crippen LogP contribution in [0.2, 0.25) is 0 Å². The summed E-state index contributed by atoms with van der Waals surface area (Å²) in [6.07, 6.45) is 0. The third-order valence-corrected chi connectivity index (χ3v) is 3.87. The number of nitrogens with two attached hydrogens (primary N) is 1. The van der Waals surface area contributed by atoms with Gasteiger partial charge in [0.05, 0.1) is 12.1 Å². The van der Waals surface area contributed by atoms with Gasteiger partial charge in [0, 0.05) is 24.5 Å². The number of anilines is 2. The Balaban J connectivity index is 2.03. The predicted molar refractivity (Wildman–Crippen MR) is 82.9 cm³/mol. The van der Waals surface area contributed by atoms with Crippen LogP contribution in [0.1, 0.15) is 19.4 Å². The average Bonchev–Trinajstić information content (AvgIpc) is 2.39. The van der Waals surface area contributed by atoms with Crippen molar-refractivity contribution in [1.29, 1.82) is 0 Å². The number of rotatable bonds is 3. The van der Waals surface area contributed by atoms with Gasteiger partial charge >= 0.3 is 0 Å². The van der Waals surface area contributed by atoms with Crippen molar-refractivity contribution in [3.63, 3.8) is 0 Å². The highest BCUT2D eigenvalue weighted by molar-refractivity contribution is 5.94. The third kappa shape index (κ3) is 3.33. The van der Waals surface area contributed by atoms with Crippen LogP contribution in [0.4, 0.5) is 11.4 Å². The standard InChI is InChI=1S/C15H22N4O2/c1-10-8-11(16)4-5-12(10)18-13(20)9-19-7-6-17-14(21)15(19,2)3/h4-5,8H,6-7,9,16H2,1-3H3,(H,17,21)(H,18,20). The zero-order valence-corrected chi connectivity index (χ0v) is 12.7. The van der Waals surface area contributed by atoms with Gasteiger partial charge in [0.15, 0.2) is 0 Å². The Kier molecular flexibility index (Phi) is 4.18. The van der Waals surface area contributed by atoms with E-state index in [1.807, 2.05) is 31.7 Å². The summed E-state index contributed by atoms with van der Waals surface area (Å²) in [4.78, 5) is 25.9. The van der Waals surface area contributed by atoms with Crippen LogP contribution in [0.5, 0.6) is 0 Å². The van der Waals surface area contributed by atoms with Gasteiger partial charge in [0.1, 0.15) is 0 Å². The number of hydrogen-bond donors (Lipinski definition) is 3. The van der Waals surface area contributed by atoms with Crippen molar-refractivity contribution in [2.45, 2.75) is 26.3 Å². The maximum Gasteiger partial charge on any atom is 0.240 e. The molecule has 6 nitrogen and oxygen atoms in total. The number of hydrogen-bond acceptors (Lipinski definition) is 4. The van der Waals surface area contributed by atoms with E-state index in [4.69, 9.17) is 5.73 Å². The fourth-order valence-electron chi connectivity index (χ4n) is 2.41. The van der Waals surface area contributed by atoms with Crippen LogP contribution in [0.25, 0.3) is 0 Å². The summed E-state index contributed by atoms with van der Waals surface area (Å²) in [6.45, 7) is 6.95. The first kappa shape index (κ1) is 15.3. The van der Waals surface area contributed by atoms with E-state index in [0.29, 0.717) is 18.8 Å². The van der Waals surface area contributed by atoms with E-state index in [1.165, 1.54) is 0 Å². The molecule has 1 saturated heterocycles. The second-order valence-corrected chi connectivity index (χ2v) is 5.86. The molecule has 114 valence electrons. The van der Waals surface area contributed by atoms with Crippen molar-refractivity contribution in [3.05, 3.63) is 23.8 Å². The van der Waals surface area contributed by atoms with E-state index in [-0.39, 0.29) is 18.4 Å². The van der Waals surface area contributed by atoms with Gasteiger partial charge in [-0.05, 0) is 44.5 Å². The molecule has 1 aromatic carbocycles. The number of aryl methyl sites for hydroxylation is 1. The maximum absolute atomic E-state index is 12.2. The number of nitrogens with one attached hydrogen (secondary N) is 2. The number of nitrogens with zero attached hydrogens (tertiary/aromatic N) is 1. The SMILES string of the molecule is Cc1cc(N)ccc1NC(=O)CN1CCNC(=O)C1(C)C. The summed E-state index contributed by atoms with van der Waals surface area (Å²) in [5, 5.41) is 5.68. The largest absolute Gasteiger partial charge is 0.399 e. The van der Waals surface area contributed by atoms with Crippen molar-refractivity contribution >= 4 is 23.2 Å². The maximum atomic E-state index is 12.2. The average molecular weight is 290 g/mol. The fourth-order valence-corrected chi connectivity index (χ4v) is 2.41. The third-order valence-electron chi connectivity index (χ3n) is 3.87. The molecule has 1 aliphatic heterocycles. The van der Waals surface area contributed by atoms with Gasteiger partial charge in [-0.2, -0.15) is 0 Å². The summed E-state index contributed by atoms with van der Waals surface area (Å²) < 4.78 is 0. The first-order valence-corrected chi connectivity index (χ1v) is 7.00. The molecule has 2 amide bonds. The molecular formula is C15H22N4O2. The molecule has 2 rings (SSSR count). The van der Waals surface area contributed by atoms with Crippen molar-refractivity contribution < 1.29 is 9.59 Å². The van der Waals surface area contributed by atoms with Gasteiger partial charge in [0.2, 0.25) is 11.8 Å². The van der Waals surface area contributed by atoms with E-state index in [2.05, 4.69) is 10.6 Å². The second-order valence-electron chi connectivity index (χ2n) is 5.86. The predicted octanol–water partition coefficient (Wildman–Crippen LogP) is 0.726. The van der Waals surface area contributed by atoms with Crippen LogP contribution in [-0.4, -0.2) is 41.9 Å². The lowest BCUT2D eigenvalue weighted by molar-refractivity contribution is -0.136. The Labute approximate surface area is 124 Å². The highest BCUT2D eigenvalue weighted by Crippen LogP contribution is 2.19. The molecule has 4 N–H and O–H groups in total. The number of amides is 2. The molecule has 1 heterocycles. The topological polar surface area (TPSA) is 87.5 Å². The van der Waals surface area contributed by atoms with Gasteiger partial charge in [-0.3, -0.25) is 14.5 Å². The van der Waals surface area contributed by atoms with E-state index >= 15 is 0 Å². The summed E-state index contributed by atoms with van der Waals surface area (Å²) in [6, 6.07) is 5.35. The van der Waals surface area contributed by atoms with E-state index in [0.717, 1.165) is 11.3 Å². The van der Waals surface area contributed by atoms with Crippen molar-refractivity contribution in [3.8, 4) is 0 Å². The van der Waals surface area contributed by atoms with Gasteiger partial charge in [-0.15, -0.1) is 0 Å². The molecule has 21 heavy (non-hydrogen) atoms. The minimum atomic E-state index is -0.675. The molecule has 1 fully saturated rings. The van der Waals surface area contributed by atoms with Gasteiger partial charge in [0.25, 0.3) is 0 Å². The summed E-state index contributed by atoms with van der Waals surface area (Å²) >= 11 is 0. The number of benzene rings is 1. The monoisotopic (exact) mass is 290 g/mol. The van der Waals surface area contributed by atoms with Crippen LogP contribution in [0.15, 0.2) is 18.2 Å². The van der Waals surface area contributed by atoms with Crippen molar-refractivity contribution in [2.24, 2.45) is 0 Å². The Morgan fingerprint density at radius 1 is 1.48 bits per heavy atom. The van der Waals surface area contributed by atoms with E-state index in [1.54, 1.807) is 12.1 Å². The van der Waals surface area contributed by atoms with E-state index in [9.17, 15) is 9.59 Å². The van der Waals surface area contributed by atoms with Gasteiger partial charge < -0.3 is 16.4 Å². The quantitative estimate of drug-likeness (QED) is 0.716. The first-order chi connectivity index (χ1) is 9.80. The Morgan fingerprint density at radius 3 is 2.86 bits per heavy atom. The number of carbonyl (C=O) groups is 2. The fraction of sp³-hybridized carbons (Fsp3) is 0.467. The number of nitrogen functional groups attached to an aromatic ring is 1. The lowest BCUT2D eigenvalue weighted by atomic mass is 9.99. The van der Waals surface area contributed by atoms with Crippen LogP contribution >= 0.6 is 0 Å². The molecule has 1 aromatic rings. The molecule has 0 aliphatic carbocycles. The lowest BCUT2D eigenvalue weighted by Crippen LogP contribution is -2.62. The van der Waals surface area contributed by atoms with E-state index < -0.39 is 5.54 Å². The number of carbonyl (C=O) groups excluding carboxylic acids is 2. The Bertz CT molecular complexity index is 569. The molecule has 0 unspecified atom stereocenters. The van der Waals surface area contributed by atoms with Crippen molar-refractivity contribution in [1.82, 2.24) is 10.2 Å². The molecule has 0 spiro atoms. The zero-order valence-electron chi connectivity index (χ0n) is 12.7. The smallest absolute Gasteiger partial charge is 0.240 e. The summed E-state index contributed by atoms with van der Waals surface area (Å²) in [5.41, 5.74) is 7.34.